The van der Waals surface area contributed by atoms with Gasteiger partial charge in [-0.15, -0.1) is 0 Å². The maximum absolute atomic E-state index is 12.3. The van der Waals surface area contributed by atoms with Crippen LogP contribution >= 0.6 is 0 Å². The van der Waals surface area contributed by atoms with Crippen LogP contribution in [0.3, 0.4) is 0 Å². The highest BCUT2D eigenvalue weighted by Gasteiger charge is 2.29. The molecule has 0 fully saturated rings. The summed E-state index contributed by atoms with van der Waals surface area (Å²) < 4.78 is 0. The van der Waals surface area contributed by atoms with Crippen LogP contribution in [0.2, 0.25) is 0 Å². The van der Waals surface area contributed by atoms with Gasteiger partial charge in [0.2, 0.25) is 0 Å². The molecule has 0 heterocycles. The van der Waals surface area contributed by atoms with Gasteiger partial charge < -0.3 is 0 Å². The first kappa shape index (κ1) is 13.3. The van der Waals surface area contributed by atoms with E-state index in [2.05, 4.69) is 38.1 Å². The highest BCUT2D eigenvalue weighted by molar-refractivity contribution is 5.82. The van der Waals surface area contributed by atoms with E-state index in [0.717, 1.165) is 25.7 Å². The van der Waals surface area contributed by atoms with Gasteiger partial charge in [0.15, 0.2) is 0 Å². The fourth-order valence-electron chi connectivity index (χ4n) is 3.00. The van der Waals surface area contributed by atoms with E-state index in [4.69, 9.17) is 0 Å². The third kappa shape index (κ3) is 2.82. The highest BCUT2D eigenvalue weighted by Crippen LogP contribution is 2.38. The maximum Gasteiger partial charge on any atom is 0.136 e. The number of benzene rings is 1. The number of hydrogen-bond acceptors (Lipinski definition) is 1. The molecular formula is C17H24O. The third-order valence-electron chi connectivity index (χ3n) is 4.26. The summed E-state index contributed by atoms with van der Waals surface area (Å²) in [6, 6.07) is 8.55. The van der Waals surface area contributed by atoms with E-state index in [-0.39, 0.29) is 0 Å². The Kier molecular flexibility index (Phi) is 4.57. The number of fused-ring (bicyclic) bond motifs is 1. The largest absolute Gasteiger partial charge is 0.299 e. The lowest BCUT2D eigenvalue weighted by atomic mass is 9.73. The molecule has 0 saturated heterocycles. The molecule has 18 heavy (non-hydrogen) atoms. The predicted octanol–water partition coefficient (Wildman–Crippen LogP) is 4.50. The van der Waals surface area contributed by atoms with Gasteiger partial charge in [0, 0.05) is 12.3 Å². The summed E-state index contributed by atoms with van der Waals surface area (Å²) in [5, 5.41) is 0. The van der Waals surface area contributed by atoms with Gasteiger partial charge in [-0.1, -0.05) is 51.0 Å². The lowest BCUT2D eigenvalue weighted by Crippen LogP contribution is -2.23. The fraction of sp³-hybridized carbons (Fsp3) is 0.588. The molecule has 2 unspecified atom stereocenters. The van der Waals surface area contributed by atoms with E-state index >= 15 is 0 Å². The van der Waals surface area contributed by atoms with Gasteiger partial charge in [0.05, 0.1) is 0 Å². The average molecular weight is 244 g/mol. The predicted molar refractivity (Wildman–Crippen MR) is 75.8 cm³/mol. The van der Waals surface area contributed by atoms with Crippen LogP contribution < -0.4 is 0 Å². The van der Waals surface area contributed by atoms with E-state index in [0.29, 0.717) is 17.6 Å². The number of Topliss-reactive ketones (excluding diaryl/α,β-unsaturated/α-hetero) is 1. The van der Waals surface area contributed by atoms with Gasteiger partial charge in [-0.05, 0) is 36.3 Å². The SMILES string of the molecule is CCCCC(CC)C(=O)CC1Cc2ccccc21. The number of carbonyl (C=O) groups is 1. The van der Waals surface area contributed by atoms with E-state index in [1.54, 1.807) is 0 Å². The summed E-state index contributed by atoms with van der Waals surface area (Å²) in [5.41, 5.74) is 2.85. The molecule has 1 aliphatic carbocycles. The first-order valence-electron chi connectivity index (χ1n) is 7.36. The van der Waals surface area contributed by atoms with Gasteiger partial charge in [-0.2, -0.15) is 0 Å². The first-order chi connectivity index (χ1) is 8.76. The van der Waals surface area contributed by atoms with Crippen LogP contribution in [0.25, 0.3) is 0 Å². The standard InChI is InChI=1S/C17H24O/c1-3-5-8-13(4-2)17(18)12-15-11-14-9-6-7-10-16(14)15/h6-7,9-10,13,15H,3-5,8,11-12H2,1-2H3. The van der Waals surface area contributed by atoms with Gasteiger partial charge in [-0.25, -0.2) is 0 Å². The van der Waals surface area contributed by atoms with Crippen LogP contribution in [0, 0.1) is 5.92 Å². The molecule has 1 nitrogen and oxygen atoms in total. The molecular weight excluding hydrogens is 220 g/mol. The summed E-state index contributed by atoms with van der Waals surface area (Å²) in [6.07, 6.45) is 6.33. The summed E-state index contributed by atoms with van der Waals surface area (Å²) in [6.45, 7) is 4.34. The van der Waals surface area contributed by atoms with Crippen molar-refractivity contribution < 1.29 is 4.79 Å². The Morgan fingerprint density at radius 2 is 2.11 bits per heavy atom. The van der Waals surface area contributed by atoms with Crippen LogP contribution in [0.1, 0.15) is 63.0 Å². The van der Waals surface area contributed by atoms with Gasteiger partial charge in [0.1, 0.15) is 5.78 Å². The summed E-state index contributed by atoms with van der Waals surface area (Å²) >= 11 is 0. The molecule has 1 aliphatic rings. The summed E-state index contributed by atoms with van der Waals surface area (Å²) in [7, 11) is 0. The minimum atomic E-state index is 0.303. The zero-order valence-corrected chi connectivity index (χ0v) is 11.6. The normalized spacial score (nSPS) is 18.9. The second-order valence-electron chi connectivity index (χ2n) is 5.52. The van der Waals surface area contributed by atoms with Gasteiger partial charge >= 0.3 is 0 Å². The quantitative estimate of drug-likeness (QED) is 0.690. The molecule has 2 rings (SSSR count). The van der Waals surface area contributed by atoms with Crippen LogP contribution in [0.5, 0.6) is 0 Å². The Labute approximate surface area is 111 Å². The monoisotopic (exact) mass is 244 g/mol. The van der Waals surface area contributed by atoms with Crippen molar-refractivity contribution in [1.29, 1.82) is 0 Å². The van der Waals surface area contributed by atoms with Crippen molar-refractivity contribution in [2.24, 2.45) is 5.92 Å². The molecule has 1 aromatic rings. The van der Waals surface area contributed by atoms with E-state index in [1.807, 2.05) is 0 Å². The molecule has 0 bridgehead atoms. The molecule has 0 amide bonds. The summed E-state index contributed by atoms with van der Waals surface area (Å²) in [4.78, 5) is 12.3. The number of unbranched alkanes of at least 4 members (excludes halogenated alkanes) is 1. The zero-order valence-electron chi connectivity index (χ0n) is 11.6. The second kappa shape index (κ2) is 6.17. The average Bonchev–Trinajstić information content (AvgIpc) is 2.37. The van der Waals surface area contributed by atoms with Crippen LogP contribution in [0.15, 0.2) is 24.3 Å². The van der Waals surface area contributed by atoms with E-state index in [1.165, 1.54) is 24.0 Å². The van der Waals surface area contributed by atoms with Crippen LogP contribution in [0.4, 0.5) is 0 Å². The second-order valence-corrected chi connectivity index (χ2v) is 5.52. The van der Waals surface area contributed by atoms with Crippen LogP contribution in [-0.4, -0.2) is 5.78 Å². The van der Waals surface area contributed by atoms with Crippen molar-refractivity contribution >= 4 is 5.78 Å². The van der Waals surface area contributed by atoms with Crippen molar-refractivity contribution in [1.82, 2.24) is 0 Å². The molecule has 0 spiro atoms. The molecule has 2 atom stereocenters. The van der Waals surface area contributed by atoms with Crippen LogP contribution in [-0.2, 0) is 11.2 Å². The lowest BCUT2D eigenvalue weighted by molar-refractivity contribution is -0.123. The smallest absolute Gasteiger partial charge is 0.136 e. The van der Waals surface area contributed by atoms with Gasteiger partial charge in [-0.3, -0.25) is 4.79 Å². The van der Waals surface area contributed by atoms with Gasteiger partial charge in [0.25, 0.3) is 0 Å². The first-order valence-corrected chi connectivity index (χ1v) is 7.36. The molecule has 0 aromatic heterocycles. The van der Waals surface area contributed by atoms with Crippen molar-refractivity contribution in [2.45, 2.75) is 58.3 Å². The minimum absolute atomic E-state index is 0.303. The number of hydrogen-bond donors (Lipinski definition) is 0. The molecule has 0 N–H and O–H groups in total. The topological polar surface area (TPSA) is 17.1 Å². The van der Waals surface area contributed by atoms with E-state index < -0.39 is 0 Å². The minimum Gasteiger partial charge on any atom is -0.299 e. The Morgan fingerprint density at radius 3 is 2.78 bits per heavy atom. The molecule has 0 aliphatic heterocycles. The number of carbonyl (C=O) groups excluding carboxylic acids is 1. The van der Waals surface area contributed by atoms with Crippen molar-refractivity contribution in [3.8, 4) is 0 Å². The molecule has 98 valence electrons. The Hall–Kier alpha value is -1.11. The Morgan fingerprint density at radius 1 is 1.33 bits per heavy atom. The molecule has 0 saturated carbocycles. The number of rotatable bonds is 7. The molecule has 0 radical (unpaired) electrons. The highest BCUT2D eigenvalue weighted by atomic mass is 16.1. The number of ketones is 1. The Balaban J connectivity index is 1.89. The van der Waals surface area contributed by atoms with E-state index in [9.17, 15) is 4.79 Å². The molecule has 1 heteroatoms. The fourth-order valence-corrected chi connectivity index (χ4v) is 3.00. The van der Waals surface area contributed by atoms with Crippen molar-refractivity contribution in [2.75, 3.05) is 0 Å². The van der Waals surface area contributed by atoms with Crippen molar-refractivity contribution in [3.05, 3.63) is 35.4 Å². The molecule has 1 aromatic carbocycles. The summed E-state index contributed by atoms with van der Waals surface area (Å²) in [5.74, 6) is 1.30. The third-order valence-corrected chi connectivity index (χ3v) is 4.26. The zero-order chi connectivity index (χ0) is 13.0. The van der Waals surface area contributed by atoms with Crippen molar-refractivity contribution in [3.63, 3.8) is 0 Å². The lowest BCUT2D eigenvalue weighted by Gasteiger charge is -2.30. The Bertz CT molecular complexity index is 408. The maximum atomic E-state index is 12.3.